The molecular formula is C18H20N3O3+. The zero-order valence-corrected chi connectivity index (χ0v) is 13.9. The van der Waals surface area contributed by atoms with Crippen LogP contribution in [0.1, 0.15) is 11.3 Å². The van der Waals surface area contributed by atoms with Crippen LogP contribution in [0.5, 0.6) is 5.75 Å². The first-order valence-corrected chi connectivity index (χ1v) is 7.76. The summed E-state index contributed by atoms with van der Waals surface area (Å²) in [5.41, 5.74) is 2.90. The molecule has 2 aromatic carbocycles. The molecule has 1 heterocycles. The maximum Gasteiger partial charge on any atom is 0.298 e. The molecule has 6 heteroatoms. The van der Waals surface area contributed by atoms with E-state index in [0.29, 0.717) is 28.7 Å². The minimum Gasteiger partial charge on any atom is -0.507 e. The molecule has 0 amide bonds. The van der Waals surface area contributed by atoms with E-state index in [0.717, 1.165) is 10.6 Å². The minimum absolute atomic E-state index is 0.0869. The molecule has 0 saturated carbocycles. The molecular weight excluding hydrogens is 306 g/mol. The summed E-state index contributed by atoms with van der Waals surface area (Å²) in [6, 6.07) is 12.7. The van der Waals surface area contributed by atoms with Crippen molar-refractivity contribution < 1.29 is 14.9 Å². The van der Waals surface area contributed by atoms with E-state index in [1.54, 1.807) is 19.1 Å². The third kappa shape index (κ3) is 2.51. The van der Waals surface area contributed by atoms with Crippen LogP contribution in [0, 0.1) is 17.0 Å². The van der Waals surface area contributed by atoms with E-state index in [-0.39, 0.29) is 16.4 Å². The number of phenolic OH excluding ortho intramolecular Hbond substituents is 1. The fourth-order valence-corrected chi connectivity index (χ4v) is 3.20. The Morgan fingerprint density at radius 1 is 1.17 bits per heavy atom. The smallest absolute Gasteiger partial charge is 0.298 e. The van der Waals surface area contributed by atoms with Crippen molar-refractivity contribution in [3.05, 3.63) is 63.8 Å². The van der Waals surface area contributed by atoms with Crippen LogP contribution >= 0.6 is 0 Å². The van der Waals surface area contributed by atoms with Gasteiger partial charge in [-0.1, -0.05) is 18.2 Å². The molecule has 1 aromatic heterocycles. The maximum absolute atomic E-state index is 11.6. The molecule has 0 aliphatic heterocycles. The van der Waals surface area contributed by atoms with Gasteiger partial charge in [0.15, 0.2) is 0 Å². The molecule has 3 rings (SSSR count). The third-order valence-corrected chi connectivity index (χ3v) is 4.14. The van der Waals surface area contributed by atoms with Crippen molar-refractivity contribution in [1.29, 1.82) is 0 Å². The van der Waals surface area contributed by atoms with Crippen LogP contribution in [0.3, 0.4) is 0 Å². The number of nitro groups is 1. The monoisotopic (exact) mass is 326 g/mol. The van der Waals surface area contributed by atoms with Crippen molar-refractivity contribution in [3.8, 4) is 11.4 Å². The van der Waals surface area contributed by atoms with Crippen LogP contribution in [0.25, 0.3) is 16.6 Å². The van der Waals surface area contributed by atoms with Gasteiger partial charge in [0.1, 0.15) is 12.3 Å². The Labute approximate surface area is 139 Å². The summed E-state index contributed by atoms with van der Waals surface area (Å²) in [6.07, 6.45) is 0. The first-order chi connectivity index (χ1) is 11.4. The Balaban J connectivity index is 2.47. The number of nitrogens with one attached hydrogen (secondary N) is 1. The lowest BCUT2D eigenvalue weighted by Gasteiger charge is -2.14. The first-order valence-electron chi connectivity index (χ1n) is 7.76. The number of para-hydroxylation sites is 1. The first kappa shape index (κ1) is 16.0. The number of nitrogens with zero attached hydrogens (tertiary/aromatic N) is 2. The number of hydrogen-bond donors (Lipinski definition) is 2. The van der Waals surface area contributed by atoms with Gasteiger partial charge in [-0.05, 0) is 31.2 Å². The number of phenols is 1. The predicted octanol–water partition coefficient (Wildman–Crippen LogP) is 2.20. The van der Waals surface area contributed by atoms with Crippen molar-refractivity contribution in [3.63, 3.8) is 0 Å². The Kier molecular flexibility index (Phi) is 3.99. The lowest BCUT2D eigenvalue weighted by atomic mass is 10.1. The third-order valence-electron chi connectivity index (χ3n) is 4.14. The van der Waals surface area contributed by atoms with E-state index in [2.05, 4.69) is 0 Å². The number of benzene rings is 2. The van der Waals surface area contributed by atoms with Gasteiger partial charge in [0.25, 0.3) is 5.69 Å². The summed E-state index contributed by atoms with van der Waals surface area (Å²) in [7, 11) is 3.96. The summed E-state index contributed by atoms with van der Waals surface area (Å²) >= 11 is 0. The van der Waals surface area contributed by atoms with Gasteiger partial charge in [0, 0.05) is 5.69 Å². The zero-order chi connectivity index (χ0) is 17.4. The average molecular weight is 326 g/mol. The highest BCUT2D eigenvalue weighted by Crippen LogP contribution is 2.39. The van der Waals surface area contributed by atoms with Crippen LogP contribution in [0.4, 0.5) is 5.69 Å². The van der Waals surface area contributed by atoms with Gasteiger partial charge in [-0.2, -0.15) is 0 Å². The van der Waals surface area contributed by atoms with Crippen molar-refractivity contribution in [2.24, 2.45) is 0 Å². The summed E-state index contributed by atoms with van der Waals surface area (Å²) in [6.45, 7) is 2.31. The fraction of sp³-hybridized carbons (Fsp3) is 0.222. The number of aromatic hydroxyl groups is 1. The Morgan fingerprint density at radius 3 is 2.42 bits per heavy atom. The lowest BCUT2D eigenvalue weighted by Crippen LogP contribution is -3.04. The summed E-state index contributed by atoms with van der Waals surface area (Å²) in [5, 5.41) is 22.5. The fourth-order valence-electron chi connectivity index (χ4n) is 3.20. The van der Waals surface area contributed by atoms with Crippen LogP contribution in [0.15, 0.2) is 42.5 Å². The summed E-state index contributed by atoms with van der Waals surface area (Å²) in [4.78, 5) is 12.4. The van der Waals surface area contributed by atoms with Gasteiger partial charge in [0.05, 0.1) is 41.2 Å². The van der Waals surface area contributed by atoms with E-state index in [9.17, 15) is 15.2 Å². The Bertz CT molecular complexity index is 914. The van der Waals surface area contributed by atoms with Gasteiger partial charge in [-0.3, -0.25) is 10.1 Å². The van der Waals surface area contributed by atoms with Gasteiger partial charge in [0.2, 0.25) is 0 Å². The molecule has 0 saturated heterocycles. The molecule has 2 N–H and O–H groups in total. The standard InChI is InChI=1S/C18H19N3O3/c1-12-17(21(23)24)14-9-10-16(22)15(11-19(2)3)18(14)20(12)13-7-5-4-6-8-13/h4-10,22H,11H2,1-3H3/p+1. The molecule has 3 aromatic rings. The van der Waals surface area contributed by atoms with E-state index in [1.165, 1.54) is 0 Å². The maximum atomic E-state index is 11.6. The second-order valence-electron chi connectivity index (χ2n) is 6.21. The van der Waals surface area contributed by atoms with Crippen molar-refractivity contribution in [2.75, 3.05) is 14.1 Å². The molecule has 0 spiro atoms. The zero-order valence-electron chi connectivity index (χ0n) is 13.9. The number of rotatable bonds is 4. The molecule has 0 aliphatic carbocycles. The second kappa shape index (κ2) is 5.98. The van der Waals surface area contributed by atoms with E-state index >= 15 is 0 Å². The van der Waals surface area contributed by atoms with E-state index in [1.807, 2.05) is 49.0 Å². The molecule has 0 bridgehead atoms. The normalized spacial score (nSPS) is 11.3. The van der Waals surface area contributed by atoms with Crippen LogP contribution in [-0.2, 0) is 6.54 Å². The predicted molar refractivity (Wildman–Crippen MR) is 92.8 cm³/mol. The van der Waals surface area contributed by atoms with Crippen molar-refractivity contribution >= 4 is 16.6 Å². The number of aromatic nitrogens is 1. The highest BCUT2D eigenvalue weighted by Gasteiger charge is 2.27. The number of fused-ring (bicyclic) bond motifs is 1. The summed E-state index contributed by atoms with van der Waals surface area (Å²) in [5.74, 6) is 0.160. The SMILES string of the molecule is Cc1c([N+](=O)[O-])c2ccc(O)c(C[NH+](C)C)c2n1-c1ccccc1. The second-order valence-corrected chi connectivity index (χ2v) is 6.21. The number of quaternary nitrogens is 1. The van der Waals surface area contributed by atoms with Crippen molar-refractivity contribution in [1.82, 2.24) is 4.57 Å². The van der Waals surface area contributed by atoms with E-state index in [4.69, 9.17) is 0 Å². The van der Waals surface area contributed by atoms with Gasteiger partial charge in [-0.25, -0.2) is 0 Å². The lowest BCUT2D eigenvalue weighted by molar-refractivity contribution is -0.872. The van der Waals surface area contributed by atoms with Crippen LogP contribution in [-0.4, -0.2) is 28.7 Å². The van der Waals surface area contributed by atoms with Crippen molar-refractivity contribution in [2.45, 2.75) is 13.5 Å². The van der Waals surface area contributed by atoms with Crippen LogP contribution < -0.4 is 4.90 Å². The quantitative estimate of drug-likeness (QED) is 0.570. The highest BCUT2D eigenvalue weighted by atomic mass is 16.6. The molecule has 124 valence electrons. The van der Waals surface area contributed by atoms with Gasteiger partial charge >= 0.3 is 0 Å². The molecule has 0 atom stereocenters. The molecule has 0 unspecified atom stereocenters. The van der Waals surface area contributed by atoms with E-state index < -0.39 is 0 Å². The van der Waals surface area contributed by atoms with Gasteiger partial charge in [-0.15, -0.1) is 0 Å². The molecule has 0 radical (unpaired) electrons. The molecule has 24 heavy (non-hydrogen) atoms. The molecule has 0 aliphatic rings. The topological polar surface area (TPSA) is 72.7 Å². The largest absolute Gasteiger partial charge is 0.507 e. The Hall–Kier alpha value is -2.86. The van der Waals surface area contributed by atoms with Crippen LogP contribution in [0.2, 0.25) is 0 Å². The van der Waals surface area contributed by atoms with Gasteiger partial charge < -0.3 is 14.6 Å². The average Bonchev–Trinajstić information content (AvgIpc) is 2.83. The minimum atomic E-state index is -0.347. The highest BCUT2D eigenvalue weighted by molar-refractivity contribution is 5.96. The molecule has 6 nitrogen and oxygen atoms in total. The Morgan fingerprint density at radius 2 is 1.83 bits per heavy atom. The number of hydrogen-bond acceptors (Lipinski definition) is 3. The summed E-state index contributed by atoms with van der Waals surface area (Å²) < 4.78 is 1.87. The molecule has 0 fully saturated rings.